The van der Waals surface area contributed by atoms with Gasteiger partial charge in [0, 0.05) is 13.2 Å². The van der Waals surface area contributed by atoms with E-state index in [2.05, 4.69) is 26.2 Å². The highest BCUT2D eigenvalue weighted by atomic mass is 28.3. The van der Waals surface area contributed by atoms with Crippen LogP contribution in [0.2, 0.25) is 26.2 Å². The van der Waals surface area contributed by atoms with Gasteiger partial charge in [-0.15, -0.1) is 0 Å². The monoisotopic (exact) mass is 406 g/mol. The second kappa shape index (κ2) is 9.13. The van der Waals surface area contributed by atoms with Crippen LogP contribution in [0.15, 0.2) is 0 Å². The first-order chi connectivity index (χ1) is 11.4. The Kier molecular flexibility index (Phi) is 7.75. The fraction of sp³-hybridized carbons (Fsp3) is 0.933. The number of hydrogen-bond donors (Lipinski definition) is 0. The zero-order chi connectivity index (χ0) is 17.6. The summed E-state index contributed by atoms with van der Waals surface area (Å²) in [4.78, 5) is 12.1. The molecule has 0 aromatic rings. The van der Waals surface area contributed by atoms with Crippen molar-refractivity contribution in [3.05, 3.63) is 0 Å². The predicted octanol–water partition coefficient (Wildman–Crippen LogP) is 1.15. The van der Waals surface area contributed by atoms with Gasteiger partial charge in [0.15, 0.2) is 0 Å². The normalized spacial score (nSPS) is 32.2. The standard InChI is InChI=1S/C15H34O5Si4/c1-23(2)14(9-5-7-11-17-14)21-19-13(16)20-22-15(24(3)4)10-6-8-12-18-15/h23-24H,5-12,21-22H2,1-4H3. The minimum atomic E-state index is -1.07. The van der Waals surface area contributed by atoms with Crippen LogP contribution in [0.25, 0.3) is 0 Å². The lowest BCUT2D eigenvalue weighted by Crippen LogP contribution is -2.55. The van der Waals surface area contributed by atoms with E-state index >= 15 is 0 Å². The molecule has 0 radical (unpaired) electrons. The molecule has 0 aromatic heterocycles. The van der Waals surface area contributed by atoms with Gasteiger partial charge in [0.05, 0.1) is 27.3 Å². The van der Waals surface area contributed by atoms with Gasteiger partial charge in [0.1, 0.15) is 0 Å². The molecule has 0 saturated carbocycles. The Morgan fingerprint density at radius 2 is 1.25 bits per heavy atom. The van der Waals surface area contributed by atoms with Crippen molar-refractivity contribution in [3.8, 4) is 0 Å². The highest BCUT2D eigenvalue weighted by Crippen LogP contribution is 2.28. The molecular formula is C15H34O5Si4. The van der Waals surface area contributed by atoms with Crippen LogP contribution in [-0.4, -0.2) is 66.2 Å². The van der Waals surface area contributed by atoms with Crippen molar-refractivity contribution in [2.75, 3.05) is 13.2 Å². The van der Waals surface area contributed by atoms with Gasteiger partial charge < -0.3 is 18.3 Å². The predicted molar refractivity (Wildman–Crippen MR) is 107 cm³/mol. The largest absolute Gasteiger partial charge is 0.493 e. The van der Waals surface area contributed by atoms with Crippen LogP contribution < -0.4 is 0 Å². The summed E-state index contributed by atoms with van der Waals surface area (Å²) in [6, 6.07) is 0. The molecule has 2 atom stereocenters. The van der Waals surface area contributed by atoms with E-state index in [-0.39, 0.29) is 9.70 Å². The molecule has 2 saturated heterocycles. The van der Waals surface area contributed by atoms with E-state index in [1.54, 1.807) is 0 Å². The number of carbonyl (C=O) groups is 1. The highest BCUT2D eigenvalue weighted by Gasteiger charge is 2.41. The van der Waals surface area contributed by atoms with Gasteiger partial charge in [0.25, 0.3) is 19.5 Å². The first-order valence-electron chi connectivity index (χ1n) is 9.48. The number of hydrogen-bond acceptors (Lipinski definition) is 5. The van der Waals surface area contributed by atoms with Crippen molar-refractivity contribution < 1.29 is 23.1 Å². The van der Waals surface area contributed by atoms with Crippen LogP contribution in [0, 0.1) is 0 Å². The number of carbonyl (C=O) groups excluding carboxylic acids is 1. The lowest BCUT2D eigenvalue weighted by molar-refractivity contribution is 0.0173. The molecule has 0 bridgehead atoms. The van der Waals surface area contributed by atoms with E-state index in [9.17, 15) is 4.79 Å². The third-order valence-electron chi connectivity index (χ3n) is 5.74. The topological polar surface area (TPSA) is 54.0 Å². The van der Waals surface area contributed by atoms with Gasteiger partial charge in [0.2, 0.25) is 0 Å². The molecule has 2 unspecified atom stereocenters. The van der Waals surface area contributed by atoms with E-state index in [1.807, 2.05) is 0 Å². The van der Waals surface area contributed by atoms with Crippen molar-refractivity contribution >= 4 is 43.3 Å². The lowest BCUT2D eigenvalue weighted by Gasteiger charge is -2.40. The van der Waals surface area contributed by atoms with E-state index in [4.69, 9.17) is 18.3 Å². The van der Waals surface area contributed by atoms with Gasteiger partial charge in [-0.25, -0.2) is 4.79 Å². The lowest BCUT2D eigenvalue weighted by atomic mass is 10.2. The Balaban J connectivity index is 1.83. The van der Waals surface area contributed by atoms with Gasteiger partial charge in [-0.2, -0.15) is 0 Å². The molecule has 5 nitrogen and oxygen atoms in total. The van der Waals surface area contributed by atoms with Crippen molar-refractivity contribution in [1.82, 2.24) is 0 Å². The molecule has 0 amide bonds. The van der Waals surface area contributed by atoms with Crippen LogP contribution in [-0.2, 0) is 18.3 Å². The van der Waals surface area contributed by atoms with E-state index in [0.29, 0.717) is 0 Å². The maximum absolute atomic E-state index is 12.2. The van der Waals surface area contributed by atoms with Crippen LogP contribution in [0.3, 0.4) is 0 Å². The summed E-state index contributed by atoms with van der Waals surface area (Å²) in [7, 11) is -4.18. The molecule has 9 heteroatoms. The summed E-state index contributed by atoms with van der Waals surface area (Å²) in [6.07, 6.45) is 6.35. The number of ether oxygens (including phenoxy) is 2. The van der Waals surface area contributed by atoms with Crippen molar-refractivity contribution in [2.45, 2.75) is 74.4 Å². The van der Waals surface area contributed by atoms with Crippen molar-refractivity contribution in [2.24, 2.45) is 0 Å². The van der Waals surface area contributed by atoms with Crippen LogP contribution in [0.1, 0.15) is 38.5 Å². The van der Waals surface area contributed by atoms with E-state index < -0.39 is 43.3 Å². The Morgan fingerprint density at radius 1 is 0.833 bits per heavy atom. The summed E-state index contributed by atoms with van der Waals surface area (Å²) >= 11 is 0. The summed E-state index contributed by atoms with van der Waals surface area (Å²) in [5, 5.41) is 0. The summed E-state index contributed by atoms with van der Waals surface area (Å²) in [6.45, 7) is 10.9. The Hall–Kier alpha value is 0.0575. The van der Waals surface area contributed by atoms with Crippen LogP contribution in [0.4, 0.5) is 4.79 Å². The summed E-state index contributed by atoms with van der Waals surface area (Å²) < 4.78 is 23.5. The maximum atomic E-state index is 12.2. The molecule has 0 spiro atoms. The molecule has 0 aromatic carbocycles. The average Bonchev–Trinajstić information content (AvgIpc) is 2.59. The van der Waals surface area contributed by atoms with Gasteiger partial charge >= 0.3 is 6.16 Å². The zero-order valence-corrected chi connectivity index (χ0v) is 20.9. The summed E-state index contributed by atoms with van der Waals surface area (Å²) in [5.74, 6) is 0. The minimum absolute atomic E-state index is 0.0648. The maximum Gasteiger partial charge on any atom is 0.480 e. The molecule has 2 fully saturated rings. The molecule has 2 rings (SSSR count). The third kappa shape index (κ3) is 5.04. The van der Waals surface area contributed by atoms with Gasteiger partial charge in [-0.1, -0.05) is 26.2 Å². The van der Waals surface area contributed by atoms with E-state index in [0.717, 1.165) is 38.9 Å². The van der Waals surface area contributed by atoms with Crippen molar-refractivity contribution in [3.63, 3.8) is 0 Å². The van der Waals surface area contributed by atoms with Crippen molar-refractivity contribution in [1.29, 1.82) is 0 Å². The third-order valence-corrected chi connectivity index (χ3v) is 19.6. The molecule has 0 aliphatic carbocycles. The smallest absolute Gasteiger partial charge is 0.480 e. The first-order valence-corrected chi connectivity index (χ1v) is 17.8. The Labute approximate surface area is 154 Å². The van der Waals surface area contributed by atoms with Crippen LogP contribution >= 0.6 is 0 Å². The minimum Gasteiger partial charge on any atom is -0.493 e. The quantitative estimate of drug-likeness (QED) is 0.620. The number of rotatable bonds is 6. The fourth-order valence-electron chi connectivity index (χ4n) is 3.62. The molecule has 2 aliphatic heterocycles. The van der Waals surface area contributed by atoms with Gasteiger partial charge in [-0.05, 0) is 38.5 Å². The second-order valence-electron chi connectivity index (χ2n) is 7.88. The zero-order valence-electron chi connectivity index (χ0n) is 15.8. The molecular weight excluding hydrogens is 373 g/mol. The van der Waals surface area contributed by atoms with E-state index in [1.165, 1.54) is 12.8 Å². The SMILES string of the molecule is C[SiH](C)C1([SiH2]OC(=O)O[SiH2]C2([SiH](C)C)CCCCO2)CCCCO1. The molecule has 0 N–H and O–H groups in total. The Morgan fingerprint density at radius 3 is 1.54 bits per heavy atom. The molecule has 24 heavy (non-hydrogen) atoms. The highest BCUT2D eigenvalue weighted by molar-refractivity contribution is 6.72. The molecule has 2 aliphatic rings. The molecule has 2 heterocycles. The summed E-state index contributed by atoms with van der Waals surface area (Å²) in [5.41, 5.74) is 0. The Bertz CT molecular complexity index is 371. The van der Waals surface area contributed by atoms with Crippen LogP contribution in [0.5, 0.6) is 0 Å². The first kappa shape index (κ1) is 20.4. The second-order valence-corrected chi connectivity index (χ2v) is 19.8. The fourth-order valence-corrected chi connectivity index (χ4v) is 11.6. The molecule has 140 valence electrons. The average molecular weight is 407 g/mol. The van der Waals surface area contributed by atoms with Gasteiger partial charge in [-0.3, -0.25) is 0 Å².